The molecule has 1 saturated heterocycles. The zero-order valence-corrected chi connectivity index (χ0v) is 21.7. The SMILES string of the molecule is CCCCC(=O)N[C@@H](CC(=O)NC[C@@H]1CCCN(C(=N)N)C1)C(=O)N(CC(=O)OCC)C1CC1.Cl. The standard InChI is InChI=1S/C23H40N6O5.ClH/c1-3-5-8-19(30)27-18(22(33)29(17-9-10-17)15-21(32)34-4-2)12-20(31)26-13-16-7-6-11-28(14-16)23(24)25;/h16-18H,3-15H2,1-2H3,(H3,24,25)(H,26,31)(H,27,30);1H/t16-,18-;/m0./s1. The van der Waals surface area contributed by atoms with E-state index in [0.29, 0.717) is 19.5 Å². The van der Waals surface area contributed by atoms with E-state index in [4.69, 9.17) is 15.9 Å². The molecule has 2 rings (SSSR count). The molecule has 200 valence electrons. The van der Waals surface area contributed by atoms with E-state index in [0.717, 1.165) is 38.6 Å². The number of carbonyl (C=O) groups excluding carboxylic acids is 4. The molecular weight excluding hydrogens is 476 g/mol. The van der Waals surface area contributed by atoms with Gasteiger partial charge in [0.1, 0.15) is 12.6 Å². The number of rotatable bonds is 13. The number of nitrogens with two attached hydrogens (primary N) is 1. The van der Waals surface area contributed by atoms with Crippen LogP contribution in [0.25, 0.3) is 0 Å². The molecular formula is C23H41ClN6O5. The van der Waals surface area contributed by atoms with E-state index < -0.39 is 17.9 Å². The zero-order valence-electron chi connectivity index (χ0n) is 20.8. The van der Waals surface area contributed by atoms with E-state index in [-0.39, 0.29) is 68.1 Å². The Morgan fingerprint density at radius 2 is 1.89 bits per heavy atom. The molecule has 2 aliphatic rings. The molecule has 1 heterocycles. The second kappa shape index (κ2) is 15.4. The number of guanidine groups is 1. The molecule has 0 aromatic carbocycles. The molecule has 1 aliphatic heterocycles. The van der Waals surface area contributed by atoms with Gasteiger partial charge >= 0.3 is 5.97 Å². The maximum atomic E-state index is 13.3. The molecule has 0 radical (unpaired) electrons. The van der Waals surface area contributed by atoms with Gasteiger partial charge in [-0.15, -0.1) is 12.4 Å². The summed E-state index contributed by atoms with van der Waals surface area (Å²) >= 11 is 0. The number of nitrogens with zero attached hydrogens (tertiary/aromatic N) is 2. The normalized spacial score (nSPS) is 18.0. The largest absolute Gasteiger partial charge is 0.465 e. The predicted octanol–water partition coefficient (Wildman–Crippen LogP) is 0.749. The average Bonchev–Trinajstić information content (AvgIpc) is 3.64. The Kier molecular flexibility index (Phi) is 13.4. The number of hydrogen-bond donors (Lipinski definition) is 4. The van der Waals surface area contributed by atoms with Crippen molar-refractivity contribution in [1.29, 1.82) is 5.41 Å². The van der Waals surface area contributed by atoms with Crippen molar-refractivity contribution in [2.75, 3.05) is 32.8 Å². The Morgan fingerprint density at radius 1 is 1.17 bits per heavy atom. The first-order valence-corrected chi connectivity index (χ1v) is 12.4. The third-order valence-corrected chi connectivity index (χ3v) is 6.10. The first-order valence-electron chi connectivity index (χ1n) is 12.4. The van der Waals surface area contributed by atoms with Crippen LogP contribution in [0.4, 0.5) is 0 Å². The summed E-state index contributed by atoms with van der Waals surface area (Å²) in [6.45, 7) is 5.43. The molecule has 0 bridgehead atoms. The molecule has 1 aliphatic carbocycles. The molecule has 2 fully saturated rings. The highest BCUT2D eigenvalue weighted by Crippen LogP contribution is 2.27. The third kappa shape index (κ3) is 10.7. The minimum atomic E-state index is -1.04. The van der Waals surface area contributed by atoms with Gasteiger partial charge in [-0.3, -0.25) is 24.6 Å². The van der Waals surface area contributed by atoms with Crippen molar-refractivity contribution >= 4 is 42.1 Å². The van der Waals surface area contributed by atoms with Crippen LogP contribution in [-0.4, -0.2) is 84.3 Å². The van der Waals surface area contributed by atoms with E-state index in [2.05, 4.69) is 10.6 Å². The average molecular weight is 517 g/mol. The lowest BCUT2D eigenvalue weighted by molar-refractivity contribution is -0.150. The Balaban J connectivity index is 0.00000612. The van der Waals surface area contributed by atoms with Crippen LogP contribution in [0.15, 0.2) is 0 Å². The molecule has 0 aromatic heterocycles. The molecule has 1 saturated carbocycles. The van der Waals surface area contributed by atoms with Crippen molar-refractivity contribution in [1.82, 2.24) is 20.4 Å². The van der Waals surface area contributed by atoms with Gasteiger partial charge in [-0.1, -0.05) is 13.3 Å². The van der Waals surface area contributed by atoms with Gasteiger partial charge in [0.15, 0.2) is 5.96 Å². The van der Waals surface area contributed by atoms with Crippen molar-refractivity contribution in [3.05, 3.63) is 0 Å². The topological polar surface area (TPSA) is 158 Å². The highest BCUT2D eigenvalue weighted by Gasteiger charge is 2.38. The van der Waals surface area contributed by atoms with Crippen LogP contribution < -0.4 is 16.4 Å². The molecule has 0 aromatic rings. The maximum Gasteiger partial charge on any atom is 0.325 e. The first kappa shape index (κ1) is 30.5. The van der Waals surface area contributed by atoms with E-state index in [1.165, 1.54) is 4.90 Å². The fraction of sp³-hybridized carbons (Fsp3) is 0.783. The molecule has 2 atom stereocenters. The van der Waals surface area contributed by atoms with Crippen LogP contribution in [0.5, 0.6) is 0 Å². The maximum absolute atomic E-state index is 13.3. The highest BCUT2D eigenvalue weighted by molar-refractivity contribution is 5.93. The van der Waals surface area contributed by atoms with Crippen LogP contribution in [0.3, 0.4) is 0 Å². The van der Waals surface area contributed by atoms with E-state index in [1.807, 2.05) is 6.92 Å². The van der Waals surface area contributed by atoms with E-state index in [9.17, 15) is 19.2 Å². The van der Waals surface area contributed by atoms with Gasteiger partial charge in [0, 0.05) is 32.1 Å². The van der Waals surface area contributed by atoms with Gasteiger partial charge in [-0.05, 0) is 44.9 Å². The van der Waals surface area contributed by atoms with Crippen LogP contribution in [-0.2, 0) is 23.9 Å². The number of nitrogens with one attached hydrogen (secondary N) is 3. The van der Waals surface area contributed by atoms with Gasteiger partial charge < -0.3 is 30.9 Å². The number of esters is 1. The van der Waals surface area contributed by atoms with Gasteiger partial charge in [0.05, 0.1) is 13.0 Å². The summed E-state index contributed by atoms with van der Waals surface area (Å²) in [5, 5.41) is 13.2. The molecule has 0 spiro atoms. The summed E-state index contributed by atoms with van der Waals surface area (Å²) in [5.41, 5.74) is 5.58. The Labute approximate surface area is 213 Å². The zero-order chi connectivity index (χ0) is 25.1. The summed E-state index contributed by atoms with van der Waals surface area (Å²) < 4.78 is 5.00. The molecule has 5 N–H and O–H groups in total. The van der Waals surface area contributed by atoms with Crippen LogP contribution in [0, 0.1) is 11.3 Å². The van der Waals surface area contributed by atoms with Crippen molar-refractivity contribution in [2.45, 2.75) is 77.3 Å². The first-order chi connectivity index (χ1) is 16.2. The van der Waals surface area contributed by atoms with Gasteiger partial charge in [-0.2, -0.15) is 0 Å². The van der Waals surface area contributed by atoms with Gasteiger partial charge in [0.25, 0.3) is 0 Å². The summed E-state index contributed by atoms with van der Waals surface area (Å²) in [7, 11) is 0. The lowest BCUT2D eigenvalue weighted by Crippen LogP contribution is -2.53. The minimum Gasteiger partial charge on any atom is -0.465 e. The Bertz CT molecular complexity index is 748. The fourth-order valence-electron chi connectivity index (χ4n) is 4.09. The second-order valence-electron chi connectivity index (χ2n) is 9.07. The van der Waals surface area contributed by atoms with E-state index >= 15 is 0 Å². The van der Waals surface area contributed by atoms with E-state index in [1.54, 1.807) is 11.8 Å². The van der Waals surface area contributed by atoms with Gasteiger partial charge in [0.2, 0.25) is 17.7 Å². The van der Waals surface area contributed by atoms with Crippen LogP contribution >= 0.6 is 12.4 Å². The summed E-state index contributed by atoms with van der Waals surface area (Å²) in [6.07, 6.45) is 4.95. The number of ether oxygens (including phenoxy) is 1. The third-order valence-electron chi connectivity index (χ3n) is 6.10. The summed E-state index contributed by atoms with van der Waals surface area (Å²) in [5.74, 6) is -1.39. The smallest absolute Gasteiger partial charge is 0.325 e. The van der Waals surface area contributed by atoms with Crippen molar-refractivity contribution in [2.24, 2.45) is 11.7 Å². The fourth-order valence-corrected chi connectivity index (χ4v) is 4.09. The van der Waals surface area contributed by atoms with Crippen molar-refractivity contribution in [3.8, 4) is 0 Å². The Hall–Kier alpha value is -2.56. The molecule has 12 heteroatoms. The minimum absolute atomic E-state index is 0. The Morgan fingerprint density at radius 3 is 2.49 bits per heavy atom. The second-order valence-corrected chi connectivity index (χ2v) is 9.07. The summed E-state index contributed by atoms with van der Waals surface area (Å²) in [4.78, 5) is 53.7. The quantitative estimate of drug-likeness (QED) is 0.160. The summed E-state index contributed by atoms with van der Waals surface area (Å²) in [6, 6.07) is -1.12. The van der Waals surface area contributed by atoms with Crippen molar-refractivity contribution < 1.29 is 23.9 Å². The molecule has 35 heavy (non-hydrogen) atoms. The number of likely N-dealkylation sites (tertiary alicyclic amines) is 1. The number of amides is 3. The monoisotopic (exact) mass is 516 g/mol. The number of carbonyl (C=O) groups is 4. The van der Waals surface area contributed by atoms with Crippen LogP contribution in [0.1, 0.15) is 65.2 Å². The van der Waals surface area contributed by atoms with Gasteiger partial charge in [-0.25, -0.2) is 0 Å². The number of unbranched alkanes of at least 4 members (excludes halogenated alkanes) is 1. The number of hydrogen-bond acceptors (Lipinski definition) is 6. The predicted molar refractivity (Wildman–Crippen MR) is 134 cm³/mol. The van der Waals surface area contributed by atoms with Crippen molar-refractivity contribution in [3.63, 3.8) is 0 Å². The molecule has 11 nitrogen and oxygen atoms in total. The molecule has 3 amide bonds. The highest BCUT2D eigenvalue weighted by atomic mass is 35.5. The molecule has 0 unspecified atom stereocenters. The number of piperidine rings is 1. The number of halogens is 1. The lowest BCUT2D eigenvalue weighted by atomic mass is 9.98. The van der Waals surface area contributed by atoms with Crippen LogP contribution in [0.2, 0.25) is 0 Å². The lowest BCUT2D eigenvalue weighted by Gasteiger charge is -2.33.